The summed E-state index contributed by atoms with van der Waals surface area (Å²) in [5.41, 5.74) is 0. The Bertz CT molecular complexity index is 192. The number of hydrogen-bond acceptors (Lipinski definition) is 3. The van der Waals surface area contributed by atoms with E-state index >= 15 is 0 Å². The van der Waals surface area contributed by atoms with Gasteiger partial charge in [0.15, 0.2) is 0 Å². The molecule has 0 aromatic carbocycles. The van der Waals surface area contributed by atoms with Crippen LogP contribution >= 0.6 is 0 Å². The molecule has 4 nitrogen and oxygen atoms in total. The molecule has 1 aliphatic carbocycles. The van der Waals surface area contributed by atoms with Gasteiger partial charge >= 0.3 is 0 Å². The minimum atomic E-state index is 0.0463. The summed E-state index contributed by atoms with van der Waals surface area (Å²) < 4.78 is 0. The molecule has 0 bridgehead atoms. The molecule has 0 heterocycles. The first-order chi connectivity index (χ1) is 7.24. The second kappa shape index (κ2) is 6.80. The van der Waals surface area contributed by atoms with Crippen LogP contribution in [0.2, 0.25) is 0 Å². The Labute approximate surface area is 92.4 Å². The molecule has 1 rings (SSSR count). The van der Waals surface area contributed by atoms with Crippen LogP contribution in [0.4, 0.5) is 0 Å². The summed E-state index contributed by atoms with van der Waals surface area (Å²) in [4.78, 5) is 13.1. The van der Waals surface area contributed by atoms with E-state index in [1.54, 1.807) is 6.92 Å². The molecule has 0 aromatic heterocycles. The van der Waals surface area contributed by atoms with Crippen LogP contribution in [-0.2, 0) is 4.79 Å². The molecule has 2 N–H and O–H groups in total. The molecular formula is C11H23N3O. The second-order valence-electron chi connectivity index (χ2n) is 4.09. The summed E-state index contributed by atoms with van der Waals surface area (Å²) in [6, 6.07) is 0.854. The molecule has 0 aliphatic heterocycles. The van der Waals surface area contributed by atoms with Gasteiger partial charge in [0.05, 0.1) is 0 Å². The quantitative estimate of drug-likeness (QED) is 0.566. The Morgan fingerprint density at radius 2 is 2.07 bits per heavy atom. The highest BCUT2D eigenvalue weighted by molar-refractivity contribution is 5.72. The van der Waals surface area contributed by atoms with Crippen LogP contribution in [0.1, 0.15) is 26.7 Å². The topological polar surface area (TPSA) is 44.4 Å². The van der Waals surface area contributed by atoms with E-state index in [0.717, 1.165) is 38.8 Å². The molecule has 0 saturated heterocycles. The van der Waals surface area contributed by atoms with E-state index in [0.29, 0.717) is 0 Å². The fourth-order valence-electron chi connectivity index (χ4n) is 1.71. The normalized spacial score (nSPS) is 15.7. The maximum Gasteiger partial charge on any atom is 0.216 e. The number of likely N-dealkylation sites (N-methyl/N-ethyl adjacent to an activating group) is 1. The van der Waals surface area contributed by atoms with Crippen LogP contribution in [0.5, 0.6) is 0 Å². The van der Waals surface area contributed by atoms with E-state index in [9.17, 15) is 4.79 Å². The molecule has 4 heteroatoms. The van der Waals surface area contributed by atoms with Crippen molar-refractivity contribution >= 4 is 5.91 Å². The van der Waals surface area contributed by atoms with E-state index in [4.69, 9.17) is 0 Å². The molecule has 1 fully saturated rings. The minimum absolute atomic E-state index is 0.0463. The van der Waals surface area contributed by atoms with Gasteiger partial charge in [0.25, 0.3) is 0 Å². The predicted octanol–water partition coefficient (Wildman–Crippen LogP) is 0.196. The Hall–Kier alpha value is -0.610. The van der Waals surface area contributed by atoms with Crippen molar-refractivity contribution < 1.29 is 4.79 Å². The number of carbonyl (C=O) groups excluding carboxylic acids is 1. The zero-order chi connectivity index (χ0) is 11.1. The van der Waals surface area contributed by atoms with Crippen LogP contribution in [0.3, 0.4) is 0 Å². The minimum Gasteiger partial charge on any atom is -0.355 e. The van der Waals surface area contributed by atoms with Crippen molar-refractivity contribution in [3.63, 3.8) is 0 Å². The van der Waals surface area contributed by atoms with Crippen molar-refractivity contribution in [2.75, 3.05) is 32.7 Å². The first kappa shape index (κ1) is 12.5. The van der Waals surface area contributed by atoms with Gasteiger partial charge in [-0.2, -0.15) is 0 Å². The molecule has 15 heavy (non-hydrogen) atoms. The summed E-state index contributed by atoms with van der Waals surface area (Å²) in [5, 5.41) is 6.10. The Balaban J connectivity index is 1.89. The first-order valence-electron chi connectivity index (χ1n) is 5.93. The Morgan fingerprint density at radius 1 is 1.33 bits per heavy atom. The lowest BCUT2D eigenvalue weighted by Gasteiger charge is -2.19. The summed E-state index contributed by atoms with van der Waals surface area (Å²) in [7, 11) is 0. The lowest BCUT2D eigenvalue weighted by molar-refractivity contribution is -0.118. The van der Waals surface area contributed by atoms with Crippen molar-refractivity contribution in [2.45, 2.75) is 32.7 Å². The van der Waals surface area contributed by atoms with E-state index in [1.165, 1.54) is 12.8 Å². The third-order valence-electron chi connectivity index (χ3n) is 2.72. The van der Waals surface area contributed by atoms with Gasteiger partial charge < -0.3 is 10.6 Å². The van der Waals surface area contributed by atoms with Crippen molar-refractivity contribution in [2.24, 2.45) is 0 Å². The number of hydrogen-bond donors (Lipinski definition) is 2. The fraction of sp³-hybridized carbons (Fsp3) is 0.909. The lowest BCUT2D eigenvalue weighted by atomic mass is 10.4. The molecule has 1 amide bonds. The van der Waals surface area contributed by atoms with Crippen LogP contribution in [0.25, 0.3) is 0 Å². The van der Waals surface area contributed by atoms with Gasteiger partial charge in [0.2, 0.25) is 5.91 Å². The van der Waals surface area contributed by atoms with Crippen molar-refractivity contribution in [1.29, 1.82) is 0 Å². The molecule has 0 aromatic rings. The maximum absolute atomic E-state index is 10.6. The molecule has 88 valence electrons. The van der Waals surface area contributed by atoms with E-state index < -0.39 is 0 Å². The van der Waals surface area contributed by atoms with Gasteiger partial charge in [-0.05, 0) is 19.4 Å². The molecule has 0 atom stereocenters. The molecule has 0 unspecified atom stereocenters. The smallest absolute Gasteiger partial charge is 0.216 e. The highest BCUT2D eigenvalue weighted by Crippen LogP contribution is 2.25. The SMILES string of the molecule is CCN(CCNCCNC(C)=O)C1CC1. The number of rotatable bonds is 8. The zero-order valence-corrected chi connectivity index (χ0v) is 9.88. The van der Waals surface area contributed by atoms with Gasteiger partial charge in [0.1, 0.15) is 0 Å². The van der Waals surface area contributed by atoms with Gasteiger partial charge in [-0.3, -0.25) is 9.69 Å². The van der Waals surface area contributed by atoms with Gasteiger partial charge in [-0.15, -0.1) is 0 Å². The van der Waals surface area contributed by atoms with Crippen LogP contribution < -0.4 is 10.6 Å². The zero-order valence-electron chi connectivity index (χ0n) is 9.88. The predicted molar refractivity (Wildman–Crippen MR) is 61.8 cm³/mol. The molecule has 1 aliphatic rings. The third kappa shape index (κ3) is 5.74. The summed E-state index contributed by atoms with van der Waals surface area (Å²) in [6.45, 7) is 8.65. The van der Waals surface area contributed by atoms with E-state index in [2.05, 4.69) is 22.5 Å². The van der Waals surface area contributed by atoms with E-state index in [1.807, 2.05) is 0 Å². The first-order valence-corrected chi connectivity index (χ1v) is 5.93. The van der Waals surface area contributed by atoms with Crippen LogP contribution in [-0.4, -0.2) is 49.6 Å². The number of carbonyl (C=O) groups is 1. The average Bonchev–Trinajstić information content (AvgIpc) is 3.00. The van der Waals surface area contributed by atoms with Crippen LogP contribution in [0, 0.1) is 0 Å². The summed E-state index contributed by atoms with van der Waals surface area (Å²) in [6.07, 6.45) is 2.75. The van der Waals surface area contributed by atoms with Gasteiger partial charge in [0, 0.05) is 39.1 Å². The Morgan fingerprint density at radius 3 is 2.60 bits per heavy atom. The monoisotopic (exact) mass is 213 g/mol. The third-order valence-corrected chi connectivity index (χ3v) is 2.72. The lowest BCUT2D eigenvalue weighted by Crippen LogP contribution is -2.36. The van der Waals surface area contributed by atoms with Gasteiger partial charge in [-0.1, -0.05) is 6.92 Å². The standard InChI is InChI=1S/C11H23N3O/c1-3-14(11-4-5-11)9-8-12-6-7-13-10(2)15/h11-12H,3-9H2,1-2H3,(H,13,15). The molecule has 1 saturated carbocycles. The summed E-state index contributed by atoms with van der Waals surface area (Å²) in [5.74, 6) is 0.0463. The average molecular weight is 213 g/mol. The molecule has 0 radical (unpaired) electrons. The van der Waals surface area contributed by atoms with Crippen molar-refractivity contribution in [3.05, 3.63) is 0 Å². The number of nitrogens with one attached hydrogen (secondary N) is 2. The van der Waals surface area contributed by atoms with Crippen molar-refractivity contribution in [1.82, 2.24) is 15.5 Å². The van der Waals surface area contributed by atoms with Crippen molar-refractivity contribution in [3.8, 4) is 0 Å². The van der Waals surface area contributed by atoms with Gasteiger partial charge in [-0.25, -0.2) is 0 Å². The van der Waals surface area contributed by atoms with E-state index in [-0.39, 0.29) is 5.91 Å². The number of nitrogens with zero attached hydrogens (tertiary/aromatic N) is 1. The maximum atomic E-state index is 10.6. The second-order valence-corrected chi connectivity index (χ2v) is 4.09. The number of amides is 1. The summed E-state index contributed by atoms with van der Waals surface area (Å²) >= 11 is 0. The highest BCUT2D eigenvalue weighted by Gasteiger charge is 2.26. The Kier molecular flexibility index (Phi) is 5.65. The van der Waals surface area contributed by atoms with Crippen LogP contribution in [0.15, 0.2) is 0 Å². The highest BCUT2D eigenvalue weighted by atomic mass is 16.1. The molecular weight excluding hydrogens is 190 g/mol. The molecule has 0 spiro atoms. The largest absolute Gasteiger partial charge is 0.355 e. The fourth-order valence-corrected chi connectivity index (χ4v) is 1.71.